The largest absolute Gasteiger partial charge is 0.369 e. The van der Waals surface area contributed by atoms with Crippen molar-refractivity contribution < 1.29 is 14.7 Å². The highest BCUT2D eigenvalue weighted by Crippen LogP contribution is 2.74. The van der Waals surface area contributed by atoms with Crippen molar-refractivity contribution in [3.05, 3.63) is 111 Å². The quantitative estimate of drug-likeness (QED) is 0.434. The van der Waals surface area contributed by atoms with Crippen LogP contribution in [0.3, 0.4) is 0 Å². The maximum Gasteiger partial charge on any atom is 0.189 e. The Balaban J connectivity index is 1.44. The summed E-state index contributed by atoms with van der Waals surface area (Å²) in [6, 6.07) is 22.5. The van der Waals surface area contributed by atoms with Crippen molar-refractivity contribution >= 4 is 40.8 Å². The van der Waals surface area contributed by atoms with Crippen molar-refractivity contribution in [1.82, 2.24) is 9.80 Å². The number of aliphatic hydroxyl groups is 1. The number of piperidine rings is 1. The molecule has 3 aromatic rings. The van der Waals surface area contributed by atoms with Gasteiger partial charge in [0.15, 0.2) is 17.3 Å². The van der Waals surface area contributed by atoms with E-state index in [-0.39, 0.29) is 30.1 Å². The molecule has 39 heavy (non-hydrogen) atoms. The van der Waals surface area contributed by atoms with Crippen molar-refractivity contribution in [3.63, 3.8) is 0 Å². The molecule has 196 valence electrons. The lowest BCUT2D eigenvalue weighted by Gasteiger charge is -2.45. The number of Topliss-reactive ketones (excluding diaryl/α,β-unsaturated/α-hetero) is 2. The van der Waals surface area contributed by atoms with Crippen LogP contribution in [-0.4, -0.2) is 57.7 Å². The second-order valence-corrected chi connectivity index (χ2v) is 12.4. The number of carbonyl (C=O) groups excluding carboxylic acids is 2. The normalized spacial score (nSPS) is 37.2. The van der Waals surface area contributed by atoms with Crippen molar-refractivity contribution in [1.29, 1.82) is 0 Å². The molecule has 6 atom stereocenters. The number of hydrogen-bond acceptors (Lipinski definition) is 5. The fraction of sp³-hybridized carbons (Fsp3) is 0.312. The van der Waals surface area contributed by atoms with E-state index in [1.165, 1.54) is 0 Å². The van der Waals surface area contributed by atoms with Gasteiger partial charge >= 0.3 is 0 Å². The van der Waals surface area contributed by atoms with Crippen LogP contribution in [0.4, 0.5) is 0 Å². The first-order valence-electron chi connectivity index (χ1n) is 13.5. The molecular formula is C32H26Cl2N2O3. The molecule has 1 unspecified atom stereocenters. The molecule has 4 saturated heterocycles. The maximum atomic E-state index is 15.1. The van der Waals surface area contributed by atoms with Crippen LogP contribution in [-0.2, 0) is 10.5 Å². The lowest BCUT2D eigenvalue weighted by Crippen LogP contribution is -2.67. The van der Waals surface area contributed by atoms with Crippen LogP contribution in [0.2, 0.25) is 10.0 Å². The molecule has 2 spiro atoms. The highest BCUT2D eigenvalue weighted by Gasteiger charge is 2.89. The van der Waals surface area contributed by atoms with Crippen molar-refractivity contribution in [2.75, 3.05) is 19.6 Å². The lowest BCUT2D eigenvalue weighted by atomic mass is 9.57. The third kappa shape index (κ3) is 2.64. The molecule has 0 aromatic heterocycles. The average molecular weight is 557 g/mol. The predicted molar refractivity (Wildman–Crippen MR) is 150 cm³/mol. The van der Waals surface area contributed by atoms with E-state index >= 15 is 4.79 Å². The van der Waals surface area contributed by atoms with E-state index < -0.39 is 16.7 Å². The summed E-state index contributed by atoms with van der Waals surface area (Å²) in [6.45, 7) is 1.24. The molecule has 1 N–H and O–H groups in total. The van der Waals surface area contributed by atoms with Gasteiger partial charge < -0.3 is 5.11 Å². The minimum absolute atomic E-state index is 0.0415. The molecule has 4 heterocycles. The summed E-state index contributed by atoms with van der Waals surface area (Å²) < 4.78 is 0. The molecule has 8 rings (SSSR count). The minimum atomic E-state index is -1.62. The monoisotopic (exact) mass is 556 g/mol. The van der Waals surface area contributed by atoms with Crippen molar-refractivity contribution in [2.24, 2.45) is 5.41 Å². The molecule has 3 aromatic carbocycles. The number of nitrogens with zero attached hydrogens (tertiary/aromatic N) is 2. The smallest absolute Gasteiger partial charge is 0.189 e. The summed E-state index contributed by atoms with van der Waals surface area (Å²) in [4.78, 5) is 34.1. The Morgan fingerprint density at radius 2 is 1.59 bits per heavy atom. The second kappa shape index (κ2) is 7.90. The molecule has 5 nitrogen and oxygen atoms in total. The number of fused-ring (bicyclic) bond motifs is 5. The van der Waals surface area contributed by atoms with Gasteiger partial charge in [-0.1, -0.05) is 71.7 Å². The van der Waals surface area contributed by atoms with E-state index in [4.69, 9.17) is 23.2 Å². The minimum Gasteiger partial charge on any atom is -0.369 e. The van der Waals surface area contributed by atoms with Crippen molar-refractivity contribution in [2.45, 2.75) is 36.1 Å². The molecule has 4 fully saturated rings. The fourth-order valence-electron chi connectivity index (χ4n) is 8.93. The molecule has 5 aliphatic rings. The molecule has 7 heteroatoms. The van der Waals surface area contributed by atoms with Gasteiger partial charge in [0.2, 0.25) is 0 Å². The van der Waals surface area contributed by atoms with Crippen LogP contribution >= 0.6 is 23.2 Å². The van der Waals surface area contributed by atoms with Gasteiger partial charge in [0.25, 0.3) is 0 Å². The zero-order valence-electron chi connectivity index (χ0n) is 21.1. The third-order valence-electron chi connectivity index (χ3n) is 10.1. The van der Waals surface area contributed by atoms with E-state index in [2.05, 4.69) is 4.90 Å². The average Bonchev–Trinajstić information content (AvgIpc) is 3.60. The van der Waals surface area contributed by atoms with E-state index in [9.17, 15) is 9.90 Å². The van der Waals surface area contributed by atoms with Crippen molar-refractivity contribution in [3.8, 4) is 0 Å². The van der Waals surface area contributed by atoms with Gasteiger partial charge in [0.05, 0.1) is 5.41 Å². The van der Waals surface area contributed by atoms with E-state index in [0.29, 0.717) is 39.8 Å². The van der Waals surface area contributed by atoms with Gasteiger partial charge in [-0.2, -0.15) is 0 Å². The van der Waals surface area contributed by atoms with Crippen LogP contribution in [0.1, 0.15) is 45.8 Å². The first kappa shape index (κ1) is 24.0. The number of carbonyl (C=O) groups is 2. The summed E-state index contributed by atoms with van der Waals surface area (Å²) >= 11 is 12.4. The van der Waals surface area contributed by atoms with Gasteiger partial charge in [-0.25, -0.2) is 0 Å². The predicted octanol–water partition coefficient (Wildman–Crippen LogP) is 5.30. The Bertz CT molecular complexity index is 1600. The zero-order valence-corrected chi connectivity index (χ0v) is 22.6. The van der Waals surface area contributed by atoms with Crippen LogP contribution in [0.25, 0.3) is 6.08 Å². The first-order valence-corrected chi connectivity index (χ1v) is 14.2. The Morgan fingerprint density at radius 3 is 2.33 bits per heavy atom. The number of hydrogen-bond donors (Lipinski definition) is 1. The van der Waals surface area contributed by atoms with Gasteiger partial charge in [-0.05, 0) is 60.9 Å². The van der Waals surface area contributed by atoms with E-state index in [0.717, 1.165) is 24.0 Å². The second-order valence-electron chi connectivity index (χ2n) is 11.6. The number of benzene rings is 3. The highest BCUT2D eigenvalue weighted by atomic mass is 35.5. The summed E-state index contributed by atoms with van der Waals surface area (Å²) in [7, 11) is 0. The molecule has 0 saturated carbocycles. The zero-order chi connectivity index (χ0) is 26.7. The summed E-state index contributed by atoms with van der Waals surface area (Å²) in [5.74, 6) is -0.443. The Kier molecular flexibility index (Phi) is 4.87. The van der Waals surface area contributed by atoms with Gasteiger partial charge in [-0.3, -0.25) is 19.4 Å². The van der Waals surface area contributed by atoms with Crippen LogP contribution in [0.15, 0.2) is 78.4 Å². The molecule has 0 amide bonds. The van der Waals surface area contributed by atoms with Crippen LogP contribution in [0, 0.1) is 5.41 Å². The van der Waals surface area contributed by atoms with Crippen LogP contribution in [0.5, 0.6) is 0 Å². The lowest BCUT2D eigenvalue weighted by molar-refractivity contribution is -0.149. The van der Waals surface area contributed by atoms with Crippen LogP contribution < -0.4 is 0 Å². The third-order valence-corrected chi connectivity index (χ3v) is 10.6. The Labute approximate surface area is 236 Å². The number of ketones is 2. The highest BCUT2D eigenvalue weighted by molar-refractivity contribution is 6.31. The first-order chi connectivity index (χ1) is 18.8. The SMILES string of the molecule is O=C1c2ccccc2[C@]2(O)N3C/C(=C\c4ccc(Cl)cc4)C(=O)[C@]4(C3)[C@@H](c3ccc(Cl)cc3)[C@@H]3CCCN3[C@]142. The molecule has 4 aliphatic heterocycles. The summed E-state index contributed by atoms with van der Waals surface area (Å²) in [5.41, 5.74) is -0.584. The summed E-state index contributed by atoms with van der Waals surface area (Å²) in [6.07, 6.45) is 3.68. The van der Waals surface area contributed by atoms with E-state index in [1.54, 1.807) is 12.1 Å². The molecule has 0 radical (unpaired) electrons. The molecular weight excluding hydrogens is 531 g/mol. The van der Waals surface area contributed by atoms with Gasteiger partial charge in [0.1, 0.15) is 5.54 Å². The van der Waals surface area contributed by atoms with Gasteiger partial charge in [-0.15, -0.1) is 0 Å². The topological polar surface area (TPSA) is 60.9 Å². The standard InChI is InChI=1S/C32H26Cl2N2O3/c33-22-11-7-19(8-12-22)16-21-17-35-18-30(28(21)37)27(20-9-13-23(34)14-10-20)26-6-3-15-36(26)31(30)29(38)24-4-1-2-5-25(24)32(31,35)39/h1-2,4-5,7-14,16,26-27,39H,3,6,15,17-18H2/b21-16+/t26-,27-,30-,31+,32+/m0/s1. The molecule has 1 aliphatic carbocycles. The van der Waals surface area contributed by atoms with E-state index in [1.807, 2.05) is 71.6 Å². The summed E-state index contributed by atoms with van der Waals surface area (Å²) in [5, 5.41) is 14.3. The number of halogens is 2. The van der Waals surface area contributed by atoms with Gasteiger partial charge in [0, 0.05) is 51.8 Å². The Morgan fingerprint density at radius 1 is 0.897 bits per heavy atom. The Hall–Kier alpha value is -2.80. The molecule has 2 bridgehead atoms. The fourth-order valence-corrected chi connectivity index (χ4v) is 9.18. The maximum absolute atomic E-state index is 15.1. The number of rotatable bonds is 2.